The fraction of sp³-hybridized carbons (Fsp3) is 1.00. The first-order chi connectivity index (χ1) is 11.0. The highest BCUT2D eigenvalue weighted by molar-refractivity contribution is 5.52. The van der Waals surface area contributed by atoms with E-state index in [1.54, 1.807) is 0 Å². The Morgan fingerprint density at radius 1 is 0.308 bits per heavy atom. The van der Waals surface area contributed by atoms with Crippen molar-refractivity contribution in [2.75, 3.05) is 0 Å². The van der Waals surface area contributed by atoms with Crippen molar-refractivity contribution in [3.05, 3.63) is 0 Å². The zero-order chi connectivity index (χ0) is 21.0. The van der Waals surface area contributed by atoms with E-state index < -0.39 is 64.9 Å². The molecular formula is C11H3F15. The smallest absolute Gasteiger partial charge is 0.223 e. The summed E-state index contributed by atoms with van der Waals surface area (Å²) in [6.07, 6.45) is 0. The van der Waals surface area contributed by atoms with E-state index in [4.69, 9.17) is 0 Å². The van der Waals surface area contributed by atoms with Crippen LogP contribution in [0.25, 0.3) is 0 Å². The first-order valence-electron chi connectivity index (χ1n) is 6.33. The van der Waals surface area contributed by atoms with Gasteiger partial charge >= 0.3 is 52.5 Å². The number of halogens is 15. The van der Waals surface area contributed by atoms with Crippen LogP contribution in [0.4, 0.5) is 65.9 Å². The van der Waals surface area contributed by atoms with Crippen LogP contribution in [0.1, 0.15) is 6.92 Å². The highest BCUT2D eigenvalue weighted by atomic mass is 19.3. The molecule has 0 aliphatic heterocycles. The van der Waals surface area contributed by atoms with Crippen molar-refractivity contribution >= 4 is 0 Å². The van der Waals surface area contributed by atoms with E-state index in [9.17, 15) is 65.9 Å². The molecule has 0 aromatic rings. The van der Waals surface area contributed by atoms with Gasteiger partial charge in [0.1, 0.15) is 0 Å². The van der Waals surface area contributed by atoms with E-state index in [-0.39, 0.29) is 0 Å². The van der Waals surface area contributed by atoms with E-state index in [0.29, 0.717) is 0 Å². The van der Waals surface area contributed by atoms with Crippen LogP contribution in [0.5, 0.6) is 0 Å². The lowest BCUT2D eigenvalue weighted by Gasteiger charge is -2.74. The summed E-state index contributed by atoms with van der Waals surface area (Å²) in [7, 11) is 0. The van der Waals surface area contributed by atoms with Crippen LogP contribution in [-0.4, -0.2) is 52.5 Å². The number of rotatable bonds is 0. The lowest BCUT2D eigenvalue weighted by Crippen LogP contribution is -3.07. The Bertz CT molecular complexity index is 507. The maximum atomic E-state index is 14.3. The summed E-state index contributed by atoms with van der Waals surface area (Å²) in [5.74, 6) is -44.8. The van der Waals surface area contributed by atoms with Crippen LogP contribution in [0.3, 0.4) is 0 Å². The van der Waals surface area contributed by atoms with Gasteiger partial charge in [0.15, 0.2) is 5.41 Å². The van der Waals surface area contributed by atoms with Crippen molar-refractivity contribution < 1.29 is 65.9 Å². The second-order valence-corrected chi connectivity index (χ2v) is 6.55. The molecule has 4 rings (SSSR count). The van der Waals surface area contributed by atoms with Crippen LogP contribution in [0.15, 0.2) is 0 Å². The summed E-state index contributed by atoms with van der Waals surface area (Å²) >= 11 is 0. The van der Waals surface area contributed by atoms with Crippen molar-refractivity contribution in [3.8, 4) is 0 Å². The topological polar surface area (TPSA) is 0 Å². The largest absolute Gasteiger partial charge is 0.339 e. The fourth-order valence-electron chi connectivity index (χ4n) is 4.11. The number of alkyl halides is 15. The summed E-state index contributed by atoms with van der Waals surface area (Å²) in [5, 5.41) is 0. The lowest BCUT2D eigenvalue weighted by molar-refractivity contribution is -0.610. The molecule has 4 aliphatic rings. The monoisotopic (exact) mass is 420 g/mol. The number of hydrogen-bond acceptors (Lipinski definition) is 0. The van der Waals surface area contributed by atoms with Crippen molar-refractivity contribution in [1.29, 1.82) is 0 Å². The molecule has 4 aliphatic carbocycles. The molecule has 0 aromatic heterocycles. The molecular weight excluding hydrogens is 417 g/mol. The molecule has 4 saturated carbocycles. The molecule has 0 N–H and O–H groups in total. The third-order valence-corrected chi connectivity index (χ3v) is 5.78. The minimum absolute atomic E-state index is 1.30. The number of hydrogen-bond donors (Lipinski definition) is 0. The van der Waals surface area contributed by atoms with Crippen LogP contribution in [0, 0.1) is 5.41 Å². The van der Waals surface area contributed by atoms with Gasteiger partial charge in [-0.15, -0.1) is 0 Å². The van der Waals surface area contributed by atoms with E-state index >= 15 is 0 Å². The third-order valence-electron chi connectivity index (χ3n) is 5.78. The standard InChI is InChI=1S/C11H3F15/c1-2-6(15,16)3(12)9(21,22)4(13,7(2,17)18)11(25,26)5(14,8(2,19)20)10(3,23)24/h1H3. The van der Waals surface area contributed by atoms with Gasteiger partial charge in [-0.05, 0) is 6.92 Å². The van der Waals surface area contributed by atoms with Gasteiger partial charge in [0.25, 0.3) is 0 Å². The Kier molecular flexibility index (Phi) is 2.75. The summed E-state index contributed by atoms with van der Waals surface area (Å²) in [5.41, 5.74) is -28.7. The average molecular weight is 420 g/mol. The van der Waals surface area contributed by atoms with E-state index in [1.807, 2.05) is 0 Å². The zero-order valence-corrected chi connectivity index (χ0v) is 11.7. The molecule has 152 valence electrons. The van der Waals surface area contributed by atoms with Crippen LogP contribution in [0.2, 0.25) is 0 Å². The van der Waals surface area contributed by atoms with Crippen LogP contribution in [-0.2, 0) is 0 Å². The van der Waals surface area contributed by atoms with Gasteiger partial charge in [-0.2, -0.15) is 26.3 Å². The predicted molar refractivity (Wildman–Crippen MR) is 49.3 cm³/mol. The van der Waals surface area contributed by atoms with Gasteiger partial charge in [0.05, 0.1) is 0 Å². The molecule has 15 heteroatoms. The minimum atomic E-state index is -7.68. The Morgan fingerprint density at radius 2 is 0.462 bits per heavy atom. The van der Waals surface area contributed by atoms with Crippen LogP contribution < -0.4 is 0 Å². The van der Waals surface area contributed by atoms with Gasteiger partial charge in [0, 0.05) is 0 Å². The molecule has 26 heavy (non-hydrogen) atoms. The first kappa shape index (κ1) is 19.7. The molecule has 0 spiro atoms. The normalized spacial score (nSPS) is 53.5. The Balaban J connectivity index is 2.71. The molecule has 0 unspecified atom stereocenters. The van der Waals surface area contributed by atoms with E-state index in [0.717, 1.165) is 0 Å². The molecule has 4 bridgehead atoms. The molecule has 0 amide bonds. The second-order valence-electron chi connectivity index (χ2n) is 6.55. The maximum absolute atomic E-state index is 14.3. The van der Waals surface area contributed by atoms with Crippen molar-refractivity contribution in [2.24, 2.45) is 5.41 Å². The summed E-state index contributed by atoms with van der Waals surface area (Å²) in [6, 6.07) is 0. The molecule has 4 fully saturated rings. The molecule has 0 aromatic carbocycles. The molecule has 0 radical (unpaired) electrons. The zero-order valence-electron chi connectivity index (χ0n) is 11.7. The maximum Gasteiger partial charge on any atom is 0.339 e. The Morgan fingerprint density at radius 3 is 0.615 bits per heavy atom. The lowest BCUT2D eigenvalue weighted by atomic mass is 9.37. The molecule has 0 saturated heterocycles. The molecule has 0 heterocycles. The van der Waals surface area contributed by atoms with Gasteiger partial charge in [0.2, 0.25) is 0 Å². The van der Waals surface area contributed by atoms with Crippen molar-refractivity contribution in [3.63, 3.8) is 0 Å². The molecule has 0 atom stereocenters. The first-order valence-corrected chi connectivity index (χ1v) is 6.33. The highest BCUT2D eigenvalue weighted by Crippen LogP contribution is 2.90. The predicted octanol–water partition coefficient (Wildman–Crippen LogP) is 4.97. The van der Waals surface area contributed by atoms with E-state index in [2.05, 4.69) is 0 Å². The van der Waals surface area contributed by atoms with Crippen molar-refractivity contribution in [2.45, 2.75) is 59.5 Å². The fourth-order valence-corrected chi connectivity index (χ4v) is 4.11. The van der Waals surface area contributed by atoms with Gasteiger partial charge in [-0.1, -0.05) is 0 Å². The van der Waals surface area contributed by atoms with Gasteiger partial charge in [-0.25, -0.2) is 39.5 Å². The average Bonchev–Trinajstić information content (AvgIpc) is 2.46. The molecule has 0 nitrogen and oxygen atoms in total. The Hall–Kier alpha value is -1.05. The minimum Gasteiger partial charge on any atom is -0.223 e. The van der Waals surface area contributed by atoms with Crippen molar-refractivity contribution in [1.82, 2.24) is 0 Å². The summed E-state index contributed by atoms with van der Waals surface area (Å²) in [4.78, 5) is 0. The third kappa shape index (κ3) is 0.967. The van der Waals surface area contributed by atoms with Crippen LogP contribution >= 0.6 is 0 Å². The highest BCUT2D eigenvalue weighted by Gasteiger charge is 3.21. The second kappa shape index (κ2) is 3.63. The van der Waals surface area contributed by atoms with Gasteiger partial charge in [-0.3, -0.25) is 0 Å². The quantitative estimate of drug-likeness (QED) is 0.486. The SMILES string of the molecule is CC12C(F)(F)C3(F)C(F)(F)C(F)(C1(F)F)C(F)(F)C(F)(C2(F)F)C3(F)F. The van der Waals surface area contributed by atoms with E-state index in [1.165, 1.54) is 0 Å². The summed E-state index contributed by atoms with van der Waals surface area (Å²) in [6.45, 7) is -1.30. The van der Waals surface area contributed by atoms with Gasteiger partial charge < -0.3 is 0 Å². The Labute approximate surface area is 132 Å². The summed E-state index contributed by atoms with van der Waals surface area (Å²) < 4.78 is 209.